The van der Waals surface area contributed by atoms with E-state index in [1.165, 1.54) is 0 Å². The molecule has 5 heteroatoms. The number of hydrogen-bond acceptors (Lipinski definition) is 3. The molecule has 0 rings (SSSR count). The van der Waals surface area contributed by atoms with Crippen molar-refractivity contribution in [3.63, 3.8) is 0 Å². The monoisotopic (exact) mass is 199 g/mol. The van der Waals surface area contributed by atoms with Gasteiger partial charge in [0.2, 0.25) is 0 Å². The molecular formula is C6H18ClN3S. The second-order valence-electron chi connectivity index (χ2n) is 2.89. The van der Waals surface area contributed by atoms with Gasteiger partial charge in [0, 0.05) is 9.80 Å². The predicted molar refractivity (Wildman–Crippen MR) is 54.5 cm³/mol. The largest absolute Gasteiger partial charge is 0.239 e. The van der Waals surface area contributed by atoms with Crippen LogP contribution in [0.2, 0.25) is 0 Å². The fraction of sp³-hybridized carbons (Fsp3) is 1.00. The maximum Gasteiger partial charge on any atom is 0.0133 e. The van der Waals surface area contributed by atoms with Crippen molar-refractivity contribution in [1.29, 1.82) is 0 Å². The van der Waals surface area contributed by atoms with E-state index in [1.54, 1.807) is 0 Å². The average Bonchev–Trinajstić information content (AvgIpc) is 1.84. The summed E-state index contributed by atoms with van der Waals surface area (Å²) in [6.07, 6.45) is 0. The smallest absolute Gasteiger partial charge is 0.0133 e. The fourth-order valence-electron chi connectivity index (χ4n) is 0.980. The van der Waals surface area contributed by atoms with Gasteiger partial charge >= 0.3 is 0 Å². The van der Waals surface area contributed by atoms with Gasteiger partial charge in [-0.2, -0.15) is 0 Å². The van der Waals surface area contributed by atoms with Crippen LogP contribution in [0.4, 0.5) is 0 Å². The Hall–Kier alpha value is 0.520. The lowest BCUT2D eigenvalue weighted by molar-refractivity contribution is 0.512. The van der Waals surface area contributed by atoms with Gasteiger partial charge in [-0.3, -0.25) is 0 Å². The Morgan fingerprint density at radius 1 is 0.727 bits per heavy atom. The van der Waals surface area contributed by atoms with Crippen molar-refractivity contribution in [3.8, 4) is 0 Å². The Morgan fingerprint density at radius 2 is 0.909 bits per heavy atom. The van der Waals surface area contributed by atoms with E-state index in [9.17, 15) is 0 Å². The molecule has 3 nitrogen and oxygen atoms in total. The third-order valence-electron chi connectivity index (χ3n) is 1.39. The second-order valence-corrected chi connectivity index (χ2v) is 7.23. The number of nitrogens with zero attached hydrogens (tertiary/aromatic N) is 3. The summed E-state index contributed by atoms with van der Waals surface area (Å²) >= 11 is 0. The Labute approximate surface area is 76.1 Å². The van der Waals surface area contributed by atoms with Crippen molar-refractivity contribution < 1.29 is 0 Å². The molecule has 0 saturated carbocycles. The predicted octanol–water partition coefficient (Wildman–Crippen LogP) is 1.37. The molecule has 0 aliphatic heterocycles. The van der Waals surface area contributed by atoms with Gasteiger partial charge in [-0.15, -0.1) is 0 Å². The van der Waals surface area contributed by atoms with Crippen LogP contribution in [0.15, 0.2) is 0 Å². The summed E-state index contributed by atoms with van der Waals surface area (Å²) < 4.78 is 6.11. The third kappa shape index (κ3) is 2.23. The zero-order chi connectivity index (χ0) is 9.23. The molecule has 0 saturated heterocycles. The average molecular weight is 200 g/mol. The van der Waals surface area contributed by atoms with E-state index in [4.69, 9.17) is 10.7 Å². The quantitative estimate of drug-likeness (QED) is 0.680. The van der Waals surface area contributed by atoms with Crippen molar-refractivity contribution in [2.75, 3.05) is 42.3 Å². The van der Waals surface area contributed by atoms with E-state index in [-0.39, 0.29) is 0 Å². The molecule has 0 atom stereocenters. The lowest BCUT2D eigenvalue weighted by Crippen LogP contribution is -2.36. The summed E-state index contributed by atoms with van der Waals surface area (Å²) in [5.41, 5.74) is 0. The van der Waals surface area contributed by atoms with E-state index >= 15 is 0 Å². The van der Waals surface area contributed by atoms with Crippen LogP contribution < -0.4 is 0 Å². The van der Waals surface area contributed by atoms with Gasteiger partial charge in [-0.05, 0) is 53.0 Å². The first-order valence-corrected chi connectivity index (χ1v) is 5.72. The van der Waals surface area contributed by atoms with Gasteiger partial charge < -0.3 is 0 Å². The minimum atomic E-state index is -1.42. The van der Waals surface area contributed by atoms with Gasteiger partial charge in [-0.1, -0.05) is 0 Å². The SMILES string of the molecule is CN(C)S(Cl)(N(C)C)N(C)C. The number of rotatable bonds is 3. The molecule has 0 aromatic rings. The lowest BCUT2D eigenvalue weighted by atomic mass is 11.2. The summed E-state index contributed by atoms with van der Waals surface area (Å²) in [6.45, 7) is 0. The van der Waals surface area contributed by atoms with E-state index in [0.717, 1.165) is 0 Å². The maximum atomic E-state index is 6.41. The molecule has 70 valence electrons. The minimum absolute atomic E-state index is 1.42. The molecule has 0 fully saturated rings. The first kappa shape index (κ1) is 11.5. The molecule has 0 aliphatic carbocycles. The summed E-state index contributed by atoms with van der Waals surface area (Å²) in [6, 6.07) is 0. The summed E-state index contributed by atoms with van der Waals surface area (Å²) in [5, 5.41) is 0. The maximum absolute atomic E-state index is 6.41. The van der Waals surface area contributed by atoms with Crippen LogP contribution in [-0.4, -0.2) is 55.2 Å². The van der Waals surface area contributed by atoms with Crippen molar-refractivity contribution in [2.45, 2.75) is 0 Å². The topological polar surface area (TPSA) is 9.72 Å². The van der Waals surface area contributed by atoms with E-state index in [1.807, 2.05) is 55.2 Å². The minimum Gasteiger partial charge on any atom is -0.239 e. The van der Waals surface area contributed by atoms with Crippen LogP contribution in [-0.2, 0) is 0 Å². The second kappa shape index (κ2) is 3.96. The summed E-state index contributed by atoms with van der Waals surface area (Å²) in [5.74, 6) is 0. The molecular weight excluding hydrogens is 182 g/mol. The Balaban J connectivity index is 4.53. The van der Waals surface area contributed by atoms with Gasteiger partial charge in [0.15, 0.2) is 0 Å². The summed E-state index contributed by atoms with van der Waals surface area (Å²) in [4.78, 5) is 0. The van der Waals surface area contributed by atoms with Crippen LogP contribution in [0.5, 0.6) is 0 Å². The third-order valence-corrected chi connectivity index (χ3v) is 6.67. The zero-order valence-electron chi connectivity index (χ0n) is 8.13. The lowest BCUT2D eigenvalue weighted by Gasteiger charge is -2.48. The Bertz CT molecular complexity index is 105. The number of halogens is 1. The Kier molecular flexibility index (Phi) is 4.15. The molecule has 11 heavy (non-hydrogen) atoms. The molecule has 0 radical (unpaired) electrons. The van der Waals surface area contributed by atoms with Crippen LogP contribution in [0, 0.1) is 0 Å². The molecule has 0 heterocycles. The van der Waals surface area contributed by atoms with Crippen LogP contribution >= 0.6 is 20.5 Å². The van der Waals surface area contributed by atoms with Gasteiger partial charge in [0.25, 0.3) is 0 Å². The van der Waals surface area contributed by atoms with Crippen LogP contribution in [0.3, 0.4) is 0 Å². The highest BCUT2D eigenvalue weighted by Crippen LogP contribution is 2.57. The van der Waals surface area contributed by atoms with Crippen molar-refractivity contribution in [3.05, 3.63) is 0 Å². The summed E-state index contributed by atoms with van der Waals surface area (Å²) in [7, 11) is 16.9. The van der Waals surface area contributed by atoms with Gasteiger partial charge in [0.05, 0.1) is 0 Å². The molecule has 0 N–H and O–H groups in total. The molecule has 0 amide bonds. The molecule has 0 aliphatic rings. The van der Waals surface area contributed by atoms with Crippen LogP contribution in [0.25, 0.3) is 0 Å². The molecule has 0 bridgehead atoms. The van der Waals surface area contributed by atoms with Gasteiger partial charge in [0.1, 0.15) is 0 Å². The first-order chi connectivity index (χ1) is 4.83. The van der Waals surface area contributed by atoms with E-state index in [2.05, 4.69) is 0 Å². The highest BCUT2D eigenvalue weighted by atomic mass is 35.7. The van der Waals surface area contributed by atoms with Crippen molar-refractivity contribution in [1.82, 2.24) is 12.9 Å². The van der Waals surface area contributed by atoms with Crippen LogP contribution in [0.1, 0.15) is 0 Å². The highest BCUT2D eigenvalue weighted by molar-refractivity contribution is 8.46. The highest BCUT2D eigenvalue weighted by Gasteiger charge is 2.28. The molecule has 0 unspecified atom stereocenters. The number of hydrogen-bond donors (Lipinski definition) is 0. The van der Waals surface area contributed by atoms with Gasteiger partial charge in [-0.25, -0.2) is 12.9 Å². The standard InChI is InChI=1S/C6H18ClN3S/c1-8(2)11(7,9(3)4)10(5)6/h1-6H3. The Morgan fingerprint density at radius 3 is 0.909 bits per heavy atom. The molecule has 0 aromatic carbocycles. The molecule has 0 aromatic heterocycles. The first-order valence-electron chi connectivity index (χ1n) is 3.39. The molecule has 0 spiro atoms. The fourth-order valence-corrected chi connectivity index (χ4v) is 2.94. The van der Waals surface area contributed by atoms with E-state index in [0.29, 0.717) is 0 Å². The van der Waals surface area contributed by atoms with Crippen molar-refractivity contribution in [2.24, 2.45) is 0 Å². The van der Waals surface area contributed by atoms with Crippen molar-refractivity contribution >= 4 is 20.5 Å². The zero-order valence-corrected chi connectivity index (χ0v) is 9.70. The van der Waals surface area contributed by atoms with E-state index < -0.39 is 9.80 Å². The normalized spacial score (nSPS) is 15.1.